The molecule has 0 atom stereocenters. The van der Waals surface area contributed by atoms with Crippen LogP contribution in [0.1, 0.15) is 5.56 Å². The monoisotopic (exact) mass is 516 g/mol. The molecular weight excluding hydrogens is 503 g/mol. The van der Waals surface area contributed by atoms with Gasteiger partial charge in [-0.05, 0) is 60.7 Å². The van der Waals surface area contributed by atoms with Crippen molar-refractivity contribution in [2.45, 2.75) is 0 Å². The fourth-order valence-electron chi connectivity index (χ4n) is 2.97. The molecule has 0 aliphatic rings. The summed E-state index contributed by atoms with van der Waals surface area (Å²) in [4.78, 5) is 16.9. The second-order valence-corrected chi connectivity index (χ2v) is 8.29. The van der Waals surface area contributed by atoms with Gasteiger partial charge in [-0.25, -0.2) is 4.98 Å². The van der Waals surface area contributed by atoms with E-state index in [1.165, 1.54) is 6.08 Å². The minimum absolute atomic E-state index is 0.306. The fraction of sp³-hybridized carbons (Fsp3) is 0.0435. The van der Waals surface area contributed by atoms with Crippen molar-refractivity contribution in [1.82, 2.24) is 4.98 Å². The van der Waals surface area contributed by atoms with Gasteiger partial charge in [0.2, 0.25) is 11.8 Å². The van der Waals surface area contributed by atoms with E-state index in [9.17, 15) is 4.79 Å². The Morgan fingerprint density at radius 3 is 2.77 bits per heavy atom. The predicted octanol–water partition coefficient (Wildman–Crippen LogP) is 7.22. The Kier molecular flexibility index (Phi) is 6.32. The lowest BCUT2D eigenvalue weighted by Gasteiger charge is -2.07. The van der Waals surface area contributed by atoms with Crippen LogP contribution in [0.4, 0.5) is 5.69 Å². The average molecular weight is 518 g/mol. The van der Waals surface area contributed by atoms with E-state index in [-0.39, 0.29) is 5.91 Å². The summed E-state index contributed by atoms with van der Waals surface area (Å²) in [5, 5.41) is 3.83. The number of oxazole rings is 1. The Balaban J connectivity index is 1.57. The van der Waals surface area contributed by atoms with Crippen LogP contribution in [-0.2, 0) is 4.79 Å². The van der Waals surface area contributed by atoms with Gasteiger partial charge in [-0.3, -0.25) is 4.79 Å². The number of amides is 1. The number of halogens is 3. The van der Waals surface area contributed by atoms with Gasteiger partial charge in [0, 0.05) is 26.8 Å². The van der Waals surface area contributed by atoms with Crippen molar-refractivity contribution >= 4 is 67.9 Å². The molecule has 156 valence electrons. The van der Waals surface area contributed by atoms with E-state index in [2.05, 4.69) is 26.2 Å². The number of anilines is 1. The maximum atomic E-state index is 12.4. The summed E-state index contributed by atoms with van der Waals surface area (Å²) in [5.41, 5.74) is 3.10. The van der Waals surface area contributed by atoms with Crippen molar-refractivity contribution < 1.29 is 13.9 Å². The largest absolute Gasteiger partial charge is 0.496 e. The highest BCUT2D eigenvalue weighted by atomic mass is 79.9. The zero-order chi connectivity index (χ0) is 22.0. The van der Waals surface area contributed by atoms with E-state index in [0.717, 1.165) is 10.0 Å². The molecule has 0 bridgehead atoms. The van der Waals surface area contributed by atoms with E-state index in [1.54, 1.807) is 49.6 Å². The van der Waals surface area contributed by atoms with Gasteiger partial charge in [0.15, 0.2) is 5.58 Å². The molecule has 8 heteroatoms. The first-order chi connectivity index (χ1) is 14.9. The van der Waals surface area contributed by atoms with Gasteiger partial charge < -0.3 is 14.5 Å². The van der Waals surface area contributed by atoms with Crippen LogP contribution in [0.15, 0.2) is 69.6 Å². The summed E-state index contributed by atoms with van der Waals surface area (Å²) < 4.78 is 12.0. The molecule has 0 saturated carbocycles. The third kappa shape index (κ3) is 4.93. The molecule has 4 rings (SSSR count). The second-order valence-electron chi connectivity index (χ2n) is 6.53. The molecule has 0 fully saturated rings. The quantitative estimate of drug-likeness (QED) is 0.284. The van der Waals surface area contributed by atoms with E-state index in [4.69, 9.17) is 32.4 Å². The highest BCUT2D eigenvalue weighted by Gasteiger charge is 2.13. The molecule has 0 unspecified atom stereocenters. The van der Waals surface area contributed by atoms with Crippen LogP contribution in [0.5, 0.6) is 5.75 Å². The van der Waals surface area contributed by atoms with Gasteiger partial charge in [-0.2, -0.15) is 0 Å². The predicted molar refractivity (Wildman–Crippen MR) is 128 cm³/mol. The van der Waals surface area contributed by atoms with E-state index in [0.29, 0.717) is 44.0 Å². The zero-order valence-corrected chi connectivity index (χ0v) is 19.3. The van der Waals surface area contributed by atoms with Crippen molar-refractivity contribution in [3.63, 3.8) is 0 Å². The molecule has 1 aromatic heterocycles. The first kappa shape index (κ1) is 21.4. The summed E-state index contributed by atoms with van der Waals surface area (Å²) in [5.74, 6) is 0.699. The molecule has 3 aromatic carbocycles. The molecule has 0 radical (unpaired) electrons. The molecule has 0 spiro atoms. The number of ether oxygens (including phenoxy) is 1. The highest BCUT2D eigenvalue weighted by Crippen LogP contribution is 2.33. The lowest BCUT2D eigenvalue weighted by molar-refractivity contribution is -0.111. The molecule has 1 N–H and O–H groups in total. The summed E-state index contributed by atoms with van der Waals surface area (Å²) in [6, 6.07) is 15.8. The van der Waals surface area contributed by atoms with E-state index < -0.39 is 0 Å². The number of aromatic nitrogens is 1. The van der Waals surface area contributed by atoms with Gasteiger partial charge in [0.25, 0.3) is 0 Å². The SMILES string of the molecule is COc1ccc(Br)cc1/C=C/C(=O)Nc1ccc(Cl)c(-c2nc3cc(Cl)ccc3o2)c1. The van der Waals surface area contributed by atoms with Crippen molar-refractivity contribution in [3.05, 3.63) is 80.8 Å². The molecule has 1 heterocycles. The maximum absolute atomic E-state index is 12.4. The highest BCUT2D eigenvalue weighted by molar-refractivity contribution is 9.10. The van der Waals surface area contributed by atoms with Crippen molar-refractivity contribution in [1.29, 1.82) is 0 Å². The Morgan fingerprint density at radius 2 is 1.97 bits per heavy atom. The third-order valence-corrected chi connectivity index (χ3v) is 5.48. The first-order valence-corrected chi connectivity index (χ1v) is 10.7. The molecule has 1 amide bonds. The smallest absolute Gasteiger partial charge is 0.248 e. The van der Waals surface area contributed by atoms with Crippen molar-refractivity contribution in [3.8, 4) is 17.2 Å². The Morgan fingerprint density at radius 1 is 1.13 bits per heavy atom. The maximum Gasteiger partial charge on any atom is 0.248 e. The van der Waals surface area contributed by atoms with Gasteiger partial charge in [-0.1, -0.05) is 39.1 Å². The fourth-order valence-corrected chi connectivity index (χ4v) is 3.71. The molecule has 5 nitrogen and oxygen atoms in total. The number of carbonyl (C=O) groups excluding carboxylic acids is 1. The molecule has 31 heavy (non-hydrogen) atoms. The van der Waals surface area contributed by atoms with Crippen LogP contribution in [0, 0.1) is 0 Å². The van der Waals surface area contributed by atoms with Gasteiger partial charge >= 0.3 is 0 Å². The summed E-state index contributed by atoms with van der Waals surface area (Å²) in [6.45, 7) is 0. The van der Waals surface area contributed by atoms with Gasteiger partial charge in [0.05, 0.1) is 17.7 Å². The zero-order valence-electron chi connectivity index (χ0n) is 16.2. The number of methoxy groups -OCH3 is 1. The van der Waals surface area contributed by atoms with Crippen molar-refractivity contribution in [2.75, 3.05) is 12.4 Å². The number of nitrogens with zero attached hydrogens (tertiary/aromatic N) is 1. The number of benzene rings is 3. The van der Waals surface area contributed by atoms with Crippen LogP contribution in [0.2, 0.25) is 10.0 Å². The summed E-state index contributed by atoms with van der Waals surface area (Å²) >= 11 is 15.8. The minimum Gasteiger partial charge on any atom is -0.496 e. The van der Waals surface area contributed by atoms with E-state index in [1.807, 2.05) is 18.2 Å². The molecule has 4 aromatic rings. The number of hydrogen-bond donors (Lipinski definition) is 1. The summed E-state index contributed by atoms with van der Waals surface area (Å²) in [6.07, 6.45) is 3.11. The molecular formula is C23H15BrCl2N2O3. The normalized spacial score (nSPS) is 11.2. The van der Waals surface area contributed by atoms with Crippen molar-refractivity contribution in [2.24, 2.45) is 0 Å². The minimum atomic E-state index is -0.306. The molecule has 0 aliphatic carbocycles. The van der Waals surface area contributed by atoms with Crippen LogP contribution in [0.25, 0.3) is 28.6 Å². The van der Waals surface area contributed by atoms with Crippen LogP contribution >= 0.6 is 39.1 Å². The number of rotatable bonds is 5. The Bertz CT molecular complexity index is 1320. The van der Waals surface area contributed by atoms with Crippen LogP contribution in [-0.4, -0.2) is 18.0 Å². The third-order valence-electron chi connectivity index (χ3n) is 4.42. The second kappa shape index (κ2) is 9.14. The lowest BCUT2D eigenvalue weighted by atomic mass is 10.1. The topological polar surface area (TPSA) is 64.4 Å². The average Bonchev–Trinajstić information content (AvgIpc) is 3.16. The molecule has 0 saturated heterocycles. The number of carbonyl (C=O) groups is 1. The number of nitrogens with one attached hydrogen (secondary N) is 1. The first-order valence-electron chi connectivity index (χ1n) is 9.11. The van der Waals surface area contributed by atoms with Gasteiger partial charge in [-0.15, -0.1) is 0 Å². The van der Waals surface area contributed by atoms with E-state index >= 15 is 0 Å². The standard InChI is InChI=1S/C23H15BrCl2N2O3/c1-30-20-7-3-14(24)10-13(20)2-9-22(29)27-16-5-6-18(26)17(12-16)23-28-19-11-15(25)4-8-21(19)31-23/h2-12H,1H3,(H,27,29)/b9-2+. The summed E-state index contributed by atoms with van der Waals surface area (Å²) in [7, 11) is 1.58. The Labute approximate surface area is 196 Å². The number of fused-ring (bicyclic) bond motifs is 1. The van der Waals surface area contributed by atoms with Crippen LogP contribution < -0.4 is 10.1 Å². The Hall–Kier alpha value is -2.80. The molecule has 0 aliphatic heterocycles. The number of hydrogen-bond acceptors (Lipinski definition) is 4. The van der Waals surface area contributed by atoms with Crippen LogP contribution in [0.3, 0.4) is 0 Å². The lowest BCUT2D eigenvalue weighted by Crippen LogP contribution is -2.07. The van der Waals surface area contributed by atoms with Gasteiger partial charge in [0.1, 0.15) is 11.3 Å².